The van der Waals surface area contributed by atoms with Crippen molar-refractivity contribution in [1.29, 1.82) is 0 Å². The fourth-order valence-electron chi connectivity index (χ4n) is 5.36. The molecule has 1 fully saturated rings. The van der Waals surface area contributed by atoms with Crippen molar-refractivity contribution in [3.8, 4) is 16.9 Å². The number of aryl methyl sites for hydroxylation is 2. The highest BCUT2D eigenvalue weighted by molar-refractivity contribution is 6.03. The lowest BCUT2D eigenvalue weighted by molar-refractivity contribution is 0.102. The van der Waals surface area contributed by atoms with Gasteiger partial charge in [-0.05, 0) is 65.3 Å². The molecule has 11 nitrogen and oxygen atoms in total. The van der Waals surface area contributed by atoms with Crippen molar-refractivity contribution in [3.63, 3.8) is 0 Å². The summed E-state index contributed by atoms with van der Waals surface area (Å²) in [6.07, 6.45) is 10.3. The molecule has 0 saturated carbocycles. The predicted octanol–water partition coefficient (Wildman–Crippen LogP) is 4.72. The Hall–Kier alpha value is -4.12. The molecule has 1 amide bonds. The summed E-state index contributed by atoms with van der Waals surface area (Å²) in [5.74, 6) is -0.273. The third-order valence-corrected chi connectivity index (χ3v) is 7.51. The molecular weight excluding hydrogens is 528 g/mol. The first-order chi connectivity index (χ1) is 20.2. The van der Waals surface area contributed by atoms with Crippen molar-refractivity contribution in [1.82, 2.24) is 39.6 Å². The number of rotatable bonds is 9. The van der Waals surface area contributed by atoms with Crippen molar-refractivity contribution < 1.29 is 4.79 Å². The van der Waals surface area contributed by atoms with Crippen molar-refractivity contribution in [2.45, 2.75) is 66.3 Å². The van der Waals surface area contributed by atoms with Gasteiger partial charge in [-0.15, -0.1) is 5.10 Å². The van der Waals surface area contributed by atoms with Crippen LogP contribution in [0.4, 0.5) is 11.4 Å². The third kappa shape index (κ3) is 6.51. The Morgan fingerprint density at radius 2 is 1.79 bits per heavy atom. The van der Waals surface area contributed by atoms with Crippen LogP contribution in [0.5, 0.6) is 0 Å². The summed E-state index contributed by atoms with van der Waals surface area (Å²) in [5, 5.41) is 16.4. The monoisotopic (exact) mass is 570 g/mol. The van der Waals surface area contributed by atoms with Crippen LogP contribution >= 0.6 is 0 Å². The molecule has 4 aromatic rings. The fraction of sp³-hybridized carbons (Fsp3) is 0.484. The summed E-state index contributed by atoms with van der Waals surface area (Å²) in [7, 11) is 0. The molecule has 5 rings (SSSR count). The summed E-state index contributed by atoms with van der Waals surface area (Å²) < 4.78 is 3.63. The zero-order valence-electron chi connectivity index (χ0n) is 25.6. The minimum atomic E-state index is -0.273. The number of carbonyl (C=O) groups excluding carboxylic acids is 1. The van der Waals surface area contributed by atoms with Crippen molar-refractivity contribution in [2.75, 3.05) is 42.9 Å². The van der Waals surface area contributed by atoms with Gasteiger partial charge >= 0.3 is 0 Å². The Kier molecular flexibility index (Phi) is 8.67. The van der Waals surface area contributed by atoms with Gasteiger partial charge in [0, 0.05) is 43.6 Å². The molecule has 0 spiro atoms. The second-order valence-corrected chi connectivity index (χ2v) is 11.9. The highest BCUT2D eigenvalue weighted by atomic mass is 16.2. The number of nitrogens with one attached hydrogen (secondary N) is 1. The minimum absolute atomic E-state index is 0.217. The van der Waals surface area contributed by atoms with Gasteiger partial charge in [0.15, 0.2) is 5.69 Å². The summed E-state index contributed by atoms with van der Waals surface area (Å²) >= 11 is 0. The first-order valence-electron chi connectivity index (χ1n) is 14.9. The molecule has 1 aliphatic rings. The van der Waals surface area contributed by atoms with E-state index >= 15 is 0 Å². The average Bonchev–Trinajstić information content (AvgIpc) is 3.63. The van der Waals surface area contributed by atoms with E-state index in [0.717, 1.165) is 79.6 Å². The first kappa shape index (κ1) is 29.4. The van der Waals surface area contributed by atoms with Crippen LogP contribution in [0.1, 0.15) is 69.3 Å². The molecule has 4 aromatic heterocycles. The number of anilines is 2. The lowest BCUT2D eigenvalue weighted by Gasteiger charge is -2.35. The third-order valence-electron chi connectivity index (χ3n) is 7.51. The van der Waals surface area contributed by atoms with Crippen molar-refractivity contribution >= 4 is 17.3 Å². The minimum Gasteiger partial charge on any atom is -0.368 e. The van der Waals surface area contributed by atoms with E-state index in [-0.39, 0.29) is 11.4 Å². The van der Waals surface area contributed by atoms with Crippen molar-refractivity contribution in [3.05, 3.63) is 60.1 Å². The number of hydrogen-bond donors (Lipinski definition) is 1. The molecule has 0 bridgehead atoms. The molecule has 0 radical (unpaired) electrons. The Bertz CT molecular complexity index is 1520. The van der Waals surface area contributed by atoms with E-state index in [4.69, 9.17) is 0 Å². The van der Waals surface area contributed by atoms with E-state index < -0.39 is 0 Å². The van der Waals surface area contributed by atoms with Crippen LogP contribution in [-0.2, 0) is 12.0 Å². The first-order valence-corrected chi connectivity index (χ1v) is 14.9. The molecule has 1 saturated heterocycles. The fourth-order valence-corrected chi connectivity index (χ4v) is 5.36. The van der Waals surface area contributed by atoms with E-state index in [2.05, 4.69) is 81.2 Å². The summed E-state index contributed by atoms with van der Waals surface area (Å²) in [6.45, 7) is 17.8. The number of amides is 1. The van der Waals surface area contributed by atoms with Crippen LogP contribution in [0.2, 0.25) is 0 Å². The molecule has 1 aliphatic heterocycles. The smallest absolute Gasteiger partial charge is 0.276 e. The topological polar surface area (TPSA) is 110 Å². The van der Waals surface area contributed by atoms with Crippen LogP contribution in [-0.4, -0.2) is 78.3 Å². The van der Waals surface area contributed by atoms with E-state index in [1.54, 1.807) is 10.9 Å². The Labute approximate surface area is 248 Å². The standard InChI is InChI=1S/C31H42N10O/c1-7-9-25-17-27(36-41(25)31(4,5)6)30(42)34-24-16-29(22(3)33-19-24)40-21-28(35-37-40)23-15-26(20-32-18-23)39-13-11-38(10-8-2)12-14-39/h15-21H,7-14H2,1-6H3,(H,34,42). The zero-order valence-corrected chi connectivity index (χ0v) is 25.6. The number of pyridine rings is 2. The molecule has 0 aromatic carbocycles. The molecular formula is C31H42N10O. The van der Waals surface area contributed by atoms with E-state index in [0.29, 0.717) is 11.4 Å². The van der Waals surface area contributed by atoms with Gasteiger partial charge < -0.3 is 10.2 Å². The van der Waals surface area contributed by atoms with Crippen LogP contribution < -0.4 is 10.2 Å². The molecule has 1 N–H and O–H groups in total. The highest BCUT2D eigenvalue weighted by Gasteiger charge is 2.22. The van der Waals surface area contributed by atoms with Gasteiger partial charge in [0.05, 0.1) is 46.9 Å². The lowest BCUT2D eigenvalue weighted by Crippen LogP contribution is -2.46. The Morgan fingerprint density at radius 1 is 1.00 bits per heavy atom. The summed E-state index contributed by atoms with van der Waals surface area (Å²) in [5.41, 5.74) is 6.00. The van der Waals surface area contributed by atoms with Gasteiger partial charge in [-0.2, -0.15) is 5.10 Å². The Morgan fingerprint density at radius 3 is 2.50 bits per heavy atom. The quantitative estimate of drug-likeness (QED) is 0.308. The number of hydrogen-bond acceptors (Lipinski definition) is 8. The predicted molar refractivity (Wildman–Crippen MR) is 165 cm³/mol. The number of carbonyl (C=O) groups is 1. The number of aromatic nitrogens is 7. The second-order valence-electron chi connectivity index (χ2n) is 11.9. The van der Waals surface area contributed by atoms with Crippen LogP contribution in [0.15, 0.2) is 43.0 Å². The molecule has 222 valence electrons. The summed E-state index contributed by atoms with van der Waals surface area (Å²) in [4.78, 5) is 27.1. The zero-order chi connectivity index (χ0) is 29.9. The van der Waals surface area contributed by atoms with E-state index in [1.807, 2.05) is 42.3 Å². The van der Waals surface area contributed by atoms with E-state index in [1.165, 1.54) is 6.42 Å². The number of piperazine rings is 1. The van der Waals surface area contributed by atoms with Gasteiger partial charge in [-0.25, -0.2) is 4.68 Å². The van der Waals surface area contributed by atoms with Crippen LogP contribution in [0, 0.1) is 6.92 Å². The van der Waals surface area contributed by atoms with E-state index in [9.17, 15) is 4.79 Å². The maximum Gasteiger partial charge on any atom is 0.276 e. The largest absolute Gasteiger partial charge is 0.368 e. The SMILES string of the molecule is CCCc1cc(C(=O)Nc2cnc(C)c(-n3cc(-c4cncc(N5CCN(CCC)CC5)c4)nn3)c2)nn1C(C)(C)C. The highest BCUT2D eigenvalue weighted by Crippen LogP contribution is 2.25. The second kappa shape index (κ2) is 12.4. The maximum atomic E-state index is 13.2. The van der Waals surface area contributed by atoms with Gasteiger partial charge in [-0.3, -0.25) is 24.3 Å². The Balaban J connectivity index is 1.33. The van der Waals surface area contributed by atoms with Gasteiger partial charge in [0.25, 0.3) is 5.91 Å². The molecule has 0 aliphatic carbocycles. The summed E-state index contributed by atoms with van der Waals surface area (Å²) in [6, 6.07) is 5.86. The maximum absolute atomic E-state index is 13.2. The normalized spacial score (nSPS) is 14.4. The molecule has 11 heteroatoms. The number of nitrogens with zero attached hydrogens (tertiary/aromatic N) is 9. The molecule has 42 heavy (non-hydrogen) atoms. The van der Waals surface area contributed by atoms with Gasteiger partial charge in [0.2, 0.25) is 0 Å². The molecule has 5 heterocycles. The molecule has 0 atom stereocenters. The van der Waals surface area contributed by atoms with Crippen LogP contribution in [0.3, 0.4) is 0 Å². The molecule has 0 unspecified atom stereocenters. The van der Waals surface area contributed by atoms with Crippen molar-refractivity contribution in [2.24, 2.45) is 0 Å². The van der Waals surface area contributed by atoms with Gasteiger partial charge in [0.1, 0.15) is 5.69 Å². The van der Waals surface area contributed by atoms with Gasteiger partial charge in [-0.1, -0.05) is 25.5 Å². The average molecular weight is 571 g/mol. The van der Waals surface area contributed by atoms with Crippen LogP contribution in [0.25, 0.3) is 16.9 Å². The lowest BCUT2D eigenvalue weighted by atomic mass is 10.1.